The number of thioether (sulfide) groups is 1. The van der Waals surface area contributed by atoms with E-state index in [1.807, 2.05) is 37.4 Å². The zero-order valence-electron chi connectivity index (χ0n) is 12.4. The predicted molar refractivity (Wildman–Crippen MR) is 87.2 cm³/mol. The van der Waals surface area contributed by atoms with Gasteiger partial charge < -0.3 is 5.73 Å². The van der Waals surface area contributed by atoms with E-state index < -0.39 is 10.0 Å². The van der Waals surface area contributed by atoms with E-state index in [-0.39, 0.29) is 11.8 Å². The molecule has 0 fully saturated rings. The largest absolute Gasteiger partial charge is 0.326 e. The van der Waals surface area contributed by atoms with Crippen LogP contribution in [0.25, 0.3) is 0 Å². The molecule has 0 amide bonds. The maximum absolute atomic E-state index is 12.4. The fourth-order valence-electron chi connectivity index (χ4n) is 1.83. The van der Waals surface area contributed by atoms with Crippen molar-refractivity contribution in [3.63, 3.8) is 0 Å². The second kappa shape index (κ2) is 8.02. The number of hydrogen-bond acceptors (Lipinski definition) is 4. The standard InChI is InChI=1S/C14H24N2O2S2/c1-12(8-9-19-3)16(2)20(17,18)11-14-6-4-13(10-15)5-7-14/h4-7,12H,8-11,15H2,1-3H3. The lowest BCUT2D eigenvalue weighted by atomic mass is 10.1. The van der Waals surface area contributed by atoms with E-state index in [9.17, 15) is 8.42 Å². The van der Waals surface area contributed by atoms with Gasteiger partial charge in [0.15, 0.2) is 0 Å². The molecule has 0 aromatic heterocycles. The molecule has 0 heterocycles. The van der Waals surface area contributed by atoms with Crippen molar-refractivity contribution in [3.8, 4) is 0 Å². The van der Waals surface area contributed by atoms with Crippen molar-refractivity contribution in [2.75, 3.05) is 19.1 Å². The lowest BCUT2D eigenvalue weighted by Gasteiger charge is -2.24. The summed E-state index contributed by atoms with van der Waals surface area (Å²) in [5.74, 6) is 1.00. The average molecular weight is 316 g/mol. The van der Waals surface area contributed by atoms with Gasteiger partial charge in [-0.3, -0.25) is 0 Å². The molecular formula is C14H24N2O2S2. The molecule has 0 radical (unpaired) electrons. The van der Waals surface area contributed by atoms with Crippen LogP contribution >= 0.6 is 11.8 Å². The lowest BCUT2D eigenvalue weighted by molar-refractivity contribution is 0.382. The summed E-state index contributed by atoms with van der Waals surface area (Å²) in [4.78, 5) is 0. The van der Waals surface area contributed by atoms with Crippen molar-refractivity contribution in [1.82, 2.24) is 4.31 Å². The Kier molecular flexibility index (Phi) is 7.02. The minimum Gasteiger partial charge on any atom is -0.326 e. The number of rotatable bonds is 8. The smallest absolute Gasteiger partial charge is 0.218 e. The number of benzene rings is 1. The maximum atomic E-state index is 12.4. The first-order chi connectivity index (χ1) is 9.40. The van der Waals surface area contributed by atoms with E-state index in [4.69, 9.17) is 5.73 Å². The zero-order chi connectivity index (χ0) is 15.2. The van der Waals surface area contributed by atoms with Gasteiger partial charge in [-0.25, -0.2) is 12.7 Å². The summed E-state index contributed by atoms with van der Waals surface area (Å²) in [5, 5.41) is 0. The summed E-state index contributed by atoms with van der Waals surface area (Å²) < 4.78 is 26.2. The van der Waals surface area contributed by atoms with Crippen molar-refractivity contribution in [3.05, 3.63) is 35.4 Å². The van der Waals surface area contributed by atoms with Crippen LogP contribution in [0, 0.1) is 0 Å². The molecule has 1 aromatic carbocycles. The summed E-state index contributed by atoms with van der Waals surface area (Å²) >= 11 is 1.73. The Morgan fingerprint density at radius 2 is 1.80 bits per heavy atom. The molecule has 0 spiro atoms. The summed E-state index contributed by atoms with van der Waals surface area (Å²) in [6.45, 7) is 2.42. The molecule has 4 nitrogen and oxygen atoms in total. The lowest BCUT2D eigenvalue weighted by Crippen LogP contribution is -2.36. The van der Waals surface area contributed by atoms with Gasteiger partial charge in [0.2, 0.25) is 10.0 Å². The van der Waals surface area contributed by atoms with Gasteiger partial charge in [0.1, 0.15) is 0 Å². The third kappa shape index (κ3) is 5.09. The summed E-state index contributed by atoms with van der Waals surface area (Å²) in [5.41, 5.74) is 7.34. The molecule has 0 aliphatic carbocycles. The summed E-state index contributed by atoms with van der Waals surface area (Å²) in [6, 6.07) is 7.44. The molecule has 0 bridgehead atoms. The Hall–Kier alpha value is -0.560. The van der Waals surface area contributed by atoms with Gasteiger partial charge in [0, 0.05) is 19.6 Å². The van der Waals surface area contributed by atoms with E-state index in [1.54, 1.807) is 18.8 Å². The molecular weight excluding hydrogens is 292 g/mol. The van der Waals surface area contributed by atoms with Crippen LogP contribution in [0.2, 0.25) is 0 Å². The van der Waals surface area contributed by atoms with Gasteiger partial charge in [0.05, 0.1) is 5.75 Å². The summed E-state index contributed by atoms with van der Waals surface area (Å²) in [6.07, 6.45) is 2.89. The molecule has 6 heteroatoms. The average Bonchev–Trinajstić information content (AvgIpc) is 2.44. The minimum absolute atomic E-state index is 0.0239. The highest BCUT2D eigenvalue weighted by Gasteiger charge is 2.23. The first kappa shape index (κ1) is 17.5. The summed E-state index contributed by atoms with van der Waals surface area (Å²) in [7, 11) is -1.61. The van der Waals surface area contributed by atoms with Crippen molar-refractivity contribution < 1.29 is 8.42 Å². The topological polar surface area (TPSA) is 63.4 Å². The molecule has 0 aliphatic heterocycles. The van der Waals surface area contributed by atoms with Crippen LogP contribution in [0.5, 0.6) is 0 Å². The predicted octanol–water partition coefficient (Wildman–Crippen LogP) is 2.05. The highest BCUT2D eigenvalue weighted by Crippen LogP contribution is 2.15. The highest BCUT2D eigenvalue weighted by molar-refractivity contribution is 7.98. The van der Waals surface area contributed by atoms with Crippen LogP contribution in [0.1, 0.15) is 24.5 Å². The van der Waals surface area contributed by atoms with Gasteiger partial charge in [0.25, 0.3) is 0 Å². The van der Waals surface area contributed by atoms with Gasteiger partial charge in [-0.15, -0.1) is 0 Å². The molecule has 1 unspecified atom stereocenters. The molecule has 2 N–H and O–H groups in total. The first-order valence-electron chi connectivity index (χ1n) is 6.63. The van der Waals surface area contributed by atoms with Crippen LogP contribution in [0.3, 0.4) is 0 Å². The number of sulfonamides is 1. The molecule has 1 rings (SSSR count). The molecule has 1 aromatic rings. The number of nitrogens with zero attached hydrogens (tertiary/aromatic N) is 1. The van der Waals surface area contributed by atoms with Gasteiger partial charge in [-0.05, 0) is 36.5 Å². The SMILES string of the molecule is CSCCC(C)N(C)S(=O)(=O)Cc1ccc(CN)cc1. The van der Waals surface area contributed by atoms with Crippen LogP contribution in [-0.2, 0) is 22.3 Å². The van der Waals surface area contributed by atoms with Gasteiger partial charge in [-0.2, -0.15) is 11.8 Å². The Balaban J connectivity index is 2.72. The van der Waals surface area contributed by atoms with Crippen LogP contribution in [-0.4, -0.2) is 37.8 Å². The molecule has 0 saturated heterocycles. The van der Waals surface area contributed by atoms with E-state index >= 15 is 0 Å². The van der Waals surface area contributed by atoms with Crippen LogP contribution in [0.4, 0.5) is 0 Å². The Morgan fingerprint density at radius 1 is 1.25 bits per heavy atom. The Bertz CT molecular complexity index is 500. The zero-order valence-corrected chi connectivity index (χ0v) is 14.0. The molecule has 114 valence electrons. The molecule has 1 atom stereocenters. The second-order valence-corrected chi connectivity index (χ2v) is 7.94. The first-order valence-corrected chi connectivity index (χ1v) is 9.63. The Labute approximate surface area is 126 Å². The monoisotopic (exact) mass is 316 g/mol. The third-order valence-electron chi connectivity index (χ3n) is 3.41. The van der Waals surface area contributed by atoms with Crippen molar-refractivity contribution in [2.24, 2.45) is 5.73 Å². The highest BCUT2D eigenvalue weighted by atomic mass is 32.2. The van der Waals surface area contributed by atoms with Crippen molar-refractivity contribution in [2.45, 2.75) is 31.7 Å². The molecule has 0 saturated carbocycles. The quantitative estimate of drug-likeness (QED) is 0.797. The third-order valence-corrected chi connectivity index (χ3v) is 5.99. The van der Waals surface area contributed by atoms with Crippen LogP contribution in [0.15, 0.2) is 24.3 Å². The number of nitrogens with two attached hydrogens (primary N) is 1. The van der Waals surface area contributed by atoms with E-state index in [0.29, 0.717) is 6.54 Å². The van der Waals surface area contributed by atoms with E-state index in [0.717, 1.165) is 23.3 Å². The Morgan fingerprint density at radius 3 is 2.30 bits per heavy atom. The van der Waals surface area contributed by atoms with E-state index in [1.165, 1.54) is 4.31 Å². The fourth-order valence-corrected chi connectivity index (χ4v) is 3.88. The molecule has 20 heavy (non-hydrogen) atoms. The van der Waals surface area contributed by atoms with Gasteiger partial charge >= 0.3 is 0 Å². The molecule has 0 aliphatic rings. The maximum Gasteiger partial charge on any atom is 0.218 e. The second-order valence-electron chi connectivity index (χ2n) is 4.92. The van der Waals surface area contributed by atoms with Crippen molar-refractivity contribution >= 4 is 21.8 Å². The normalized spacial score (nSPS) is 13.7. The fraction of sp³-hybridized carbons (Fsp3) is 0.571. The minimum atomic E-state index is -3.27. The van der Waals surface area contributed by atoms with Crippen LogP contribution < -0.4 is 5.73 Å². The van der Waals surface area contributed by atoms with Crippen molar-refractivity contribution in [1.29, 1.82) is 0 Å². The van der Waals surface area contributed by atoms with E-state index in [2.05, 4.69) is 0 Å². The van der Waals surface area contributed by atoms with Gasteiger partial charge in [-0.1, -0.05) is 24.3 Å². The number of hydrogen-bond donors (Lipinski definition) is 1.